The Hall–Kier alpha value is -0.460. The van der Waals surface area contributed by atoms with E-state index in [1.54, 1.807) is 11.3 Å². The fraction of sp³-hybridized carbons (Fsp3) is 0.769. The number of nitrogens with zero attached hydrogens (tertiary/aromatic N) is 2. The van der Waals surface area contributed by atoms with Crippen molar-refractivity contribution in [1.82, 2.24) is 9.88 Å². The molecule has 0 bridgehead atoms. The van der Waals surface area contributed by atoms with Gasteiger partial charge in [-0.1, -0.05) is 13.8 Å². The fourth-order valence-corrected chi connectivity index (χ4v) is 4.47. The first-order valence-electron chi connectivity index (χ1n) is 6.77. The van der Waals surface area contributed by atoms with Crippen molar-refractivity contribution < 1.29 is 8.42 Å². The predicted octanol–water partition coefficient (Wildman–Crippen LogP) is 2.28. The quantitative estimate of drug-likeness (QED) is 0.859. The van der Waals surface area contributed by atoms with Gasteiger partial charge in [0, 0.05) is 17.6 Å². The molecule has 0 spiro atoms. The fourth-order valence-electron chi connectivity index (χ4n) is 2.13. The molecule has 0 saturated carbocycles. The van der Waals surface area contributed by atoms with Gasteiger partial charge in [-0.25, -0.2) is 13.4 Å². The Kier molecular flexibility index (Phi) is 4.63. The molecule has 0 aliphatic carbocycles. The summed E-state index contributed by atoms with van der Waals surface area (Å²) in [6, 6.07) is 0. The Morgan fingerprint density at radius 2 is 2.21 bits per heavy atom. The molecule has 2 rings (SSSR count). The summed E-state index contributed by atoms with van der Waals surface area (Å²) in [5.41, 5.74) is 0. The third-order valence-corrected chi connectivity index (χ3v) is 7.15. The van der Waals surface area contributed by atoms with E-state index in [9.17, 15) is 8.42 Å². The monoisotopic (exact) mass is 302 g/mol. The van der Waals surface area contributed by atoms with E-state index in [-0.39, 0.29) is 11.0 Å². The number of hydrogen-bond donors (Lipinski definition) is 0. The molecule has 0 amide bonds. The van der Waals surface area contributed by atoms with Crippen LogP contribution in [0.3, 0.4) is 0 Å². The molecule has 1 atom stereocenters. The van der Waals surface area contributed by atoms with Crippen LogP contribution in [0.4, 0.5) is 0 Å². The van der Waals surface area contributed by atoms with Gasteiger partial charge in [0.1, 0.15) is 5.01 Å². The first-order valence-corrected chi connectivity index (χ1v) is 9.30. The van der Waals surface area contributed by atoms with E-state index in [0.29, 0.717) is 12.5 Å². The molecule has 4 nitrogen and oxygen atoms in total. The highest BCUT2D eigenvalue weighted by Crippen LogP contribution is 2.23. The van der Waals surface area contributed by atoms with Crippen molar-refractivity contribution in [2.24, 2.45) is 0 Å². The van der Waals surface area contributed by atoms with Crippen molar-refractivity contribution in [3.8, 4) is 0 Å². The first kappa shape index (κ1) is 14.9. The Bertz CT molecular complexity index is 523. The van der Waals surface area contributed by atoms with E-state index < -0.39 is 9.84 Å². The summed E-state index contributed by atoms with van der Waals surface area (Å²) in [6.45, 7) is 8.40. The van der Waals surface area contributed by atoms with Gasteiger partial charge in [0.15, 0.2) is 9.84 Å². The number of aromatic nitrogens is 1. The largest absolute Gasteiger partial charge is 0.296 e. The van der Waals surface area contributed by atoms with E-state index in [1.165, 1.54) is 4.88 Å². The third-order valence-electron chi connectivity index (χ3n) is 3.66. The average Bonchev–Trinajstić information content (AvgIpc) is 2.76. The zero-order chi connectivity index (χ0) is 14.0. The Balaban J connectivity index is 1.99. The Morgan fingerprint density at radius 3 is 2.84 bits per heavy atom. The van der Waals surface area contributed by atoms with Crippen LogP contribution in [0.25, 0.3) is 0 Å². The van der Waals surface area contributed by atoms with Gasteiger partial charge in [-0.05, 0) is 25.8 Å². The minimum absolute atomic E-state index is 0.208. The maximum Gasteiger partial charge on any atom is 0.154 e. The van der Waals surface area contributed by atoms with Gasteiger partial charge in [-0.3, -0.25) is 4.90 Å². The minimum Gasteiger partial charge on any atom is -0.296 e. The maximum absolute atomic E-state index is 11.9. The molecule has 1 saturated heterocycles. The summed E-state index contributed by atoms with van der Waals surface area (Å²) in [7, 11) is -2.89. The van der Waals surface area contributed by atoms with Crippen molar-refractivity contribution in [2.45, 2.75) is 44.9 Å². The van der Waals surface area contributed by atoms with Crippen LogP contribution >= 0.6 is 11.3 Å². The van der Waals surface area contributed by atoms with Gasteiger partial charge >= 0.3 is 0 Å². The molecule has 1 fully saturated rings. The van der Waals surface area contributed by atoms with E-state index in [1.807, 2.05) is 13.1 Å². The van der Waals surface area contributed by atoms with E-state index >= 15 is 0 Å². The molecule has 1 aromatic rings. The van der Waals surface area contributed by atoms with Crippen LogP contribution < -0.4 is 0 Å². The lowest BCUT2D eigenvalue weighted by Crippen LogP contribution is -2.26. The van der Waals surface area contributed by atoms with Gasteiger partial charge in [-0.15, -0.1) is 11.3 Å². The van der Waals surface area contributed by atoms with Gasteiger partial charge in [-0.2, -0.15) is 0 Å². The second-order valence-corrected chi connectivity index (χ2v) is 9.24. The number of rotatable bonds is 3. The highest BCUT2D eigenvalue weighted by molar-refractivity contribution is 7.92. The zero-order valence-corrected chi connectivity index (χ0v) is 13.4. The predicted molar refractivity (Wildman–Crippen MR) is 79.3 cm³/mol. The van der Waals surface area contributed by atoms with Crippen molar-refractivity contribution >= 4 is 21.2 Å². The smallest absolute Gasteiger partial charge is 0.154 e. The van der Waals surface area contributed by atoms with Gasteiger partial charge < -0.3 is 0 Å². The molecule has 1 aromatic heterocycles. The molecule has 0 N–H and O–H groups in total. The van der Waals surface area contributed by atoms with Crippen LogP contribution in [0.15, 0.2) is 6.20 Å². The summed E-state index contributed by atoms with van der Waals surface area (Å²) in [5.74, 6) is 0.784. The second kappa shape index (κ2) is 5.89. The molecular weight excluding hydrogens is 280 g/mol. The average molecular weight is 302 g/mol. The molecule has 1 aliphatic rings. The van der Waals surface area contributed by atoms with Crippen LogP contribution in [0.2, 0.25) is 0 Å². The molecular formula is C13H22N2O2S2. The SMILES string of the molecule is CC(C)c1cnc(CN2CC[C@H](C)S(=O)(=O)CC2)s1. The number of hydrogen-bond acceptors (Lipinski definition) is 5. The number of thiazole rings is 1. The number of sulfone groups is 1. The van der Waals surface area contributed by atoms with Gasteiger partial charge in [0.25, 0.3) is 0 Å². The summed E-state index contributed by atoms with van der Waals surface area (Å²) in [5, 5.41) is 0.885. The molecule has 0 radical (unpaired) electrons. The van der Waals surface area contributed by atoms with Crippen LogP contribution in [0.1, 0.15) is 43.0 Å². The van der Waals surface area contributed by atoms with E-state index in [0.717, 1.165) is 24.5 Å². The molecule has 19 heavy (non-hydrogen) atoms. The Labute approximate surface area is 119 Å². The topological polar surface area (TPSA) is 50.3 Å². The lowest BCUT2D eigenvalue weighted by Gasteiger charge is -2.17. The highest BCUT2D eigenvalue weighted by Gasteiger charge is 2.26. The highest BCUT2D eigenvalue weighted by atomic mass is 32.2. The maximum atomic E-state index is 11.9. The van der Waals surface area contributed by atoms with Crippen molar-refractivity contribution in [2.75, 3.05) is 18.8 Å². The molecule has 108 valence electrons. The molecule has 0 unspecified atom stereocenters. The molecule has 0 aromatic carbocycles. The van der Waals surface area contributed by atoms with Crippen LogP contribution in [-0.2, 0) is 16.4 Å². The molecule has 6 heteroatoms. The summed E-state index contributed by atoms with van der Waals surface area (Å²) < 4.78 is 23.7. The van der Waals surface area contributed by atoms with Crippen LogP contribution in [0, 0.1) is 0 Å². The summed E-state index contributed by atoms with van der Waals surface area (Å²) >= 11 is 1.74. The molecule has 2 heterocycles. The van der Waals surface area contributed by atoms with Gasteiger partial charge in [0.2, 0.25) is 0 Å². The standard InChI is InChI=1S/C13H22N2O2S2/c1-10(2)12-8-14-13(18-12)9-15-5-4-11(3)19(16,17)7-6-15/h8,10-11H,4-7,9H2,1-3H3/t11-/m0/s1. The van der Waals surface area contributed by atoms with E-state index in [4.69, 9.17) is 0 Å². The molecule has 1 aliphatic heterocycles. The van der Waals surface area contributed by atoms with Crippen LogP contribution in [0.5, 0.6) is 0 Å². The zero-order valence-electron chi connectivity index (χ0n) is 11.8. The summed E-state index contributed by atoms with van der Waals surface area (Å²) in [6.07, 6.45) is 2.67. The van der Waals surface area contributed by atoms with Crippen molar-refractivity contribution in [3.05, 3.63) is 16.1 Å². The van der Waals surface area contributed by atoms with Crippen LogP contribution in [-0.4, -0.2) is 42.4 Å². The van der Waals surface area contributed by atoms with Crippen molar-refractivity contribution in [1.29, 1.82) is 0 Å². The van der Waals surface area contributed by atoms with E-state index in [2.05, 4.69) is 23.7 Å². The normalized spacial score (nSPS) is 24.5. The third kappa shape index (κ3) is 3.77. The Morgan fingerprint density at radius 1 is 1.47 bits per heavy atom. The minimum atomic E-state index is -2.89. The second-order valence-electron chi connectivity index (χ2n) is 5.55. The summed E-state index contributed by atoms with van der Waals surface area (Å²) in [4.78, 5) is 7.95. The lowest BCUT2D eigenvalue weighted by molar-refractivity contribution is 0.283. The van der Waals surface area contributed by atoms with Gasteiger partial charge in [0.05, 0.1) is 17.5 Å². The lowest BCUT2D eigenvalue weighted by atomic mass is 10.2. The first-order chi connectivity index (χ1) is 8.88. The van der Waals surface area contributed by atoms with Crippen molar-refractivity contribution in [3.63, 3.8) is 0 Å².